The maximum absolute atomic E-state index is 16.4. The number of alkyl halides is 2. The molecule has 3 rings (SSSR count). The Morgan fingerprint density at radius 2 is 1.70 bits per heavy atom. The molecule has 0 aliphatic carbocycles. The number of ether oxygens (including phenoxy) is 2. The maximum atomic E-state index is 16.4. The predicted molar refractivity (Wildman–Crippen MR) is 193 cm³/mol. The summed E-state index contributed by atoms with van der Waals surface area (Å²) in [6.45, 7) is 17.6. The zero-order chi connectivity index (χ0) is 35.5. The number of hydrogen-bond acceptors (Lipinski definition) is 6. The number of aliphatic hydroxyl groups is 1. The molecule has 2 aliphatic heterocycles. The topological polar surface area (TPSA) is 102 Å². The largest absolute Gasteiger partial charge is 0.446 e. The van der Waals surface area contributed by atoms with Crippen LogP contribution in [0.4, 0.5) is 4.39 Å². The summed E-state index contributed by atoms with van der Waals surface area (Å²) in [6, 6.07) is 9.94. The minimum absolute atomic E-state index is 0.230. The average molecular weight is 766 g/mol. The summed E-state index contributed by atoms with van der Waals surface area (Å²) in [7, 11) is 0. The van der Waals surface area contributed by atoms with Gasteiger partial charge in [0.25, 0.3) is 5.67 Å². The van der Waals surface area contributed by atoms with E-state index in [0.29, 0.717) is 25.0 Å². The van der Waals surface area contributed by atoms with E-state index < -0.39 is 61.8 Å². The third-order valence-electron chi connectivity index (χ3n) is 10.1. The van der Waals surface area contributed by atoms with E-state index in [0.717, 1.165) is 18.1 Å². The third kappa shape index (κ3) is 9.06. The Morgan fingerprint density at radius 1 is 1.09 bits per heavy atom. The molecule has 0 saturated carbocycles. The van der Waals surface area contributed by atoms with E-state index in [9.17, 15) is 19.5 Å². The fourth-order valence-corrected chi connectivity index (χ4v) is 8.81. The zero-order valence-electron chi connectivity index (χ0n) is 29.6. The summed E-state index contributed by atoms with van der Waals surface area (Å²) in [5.41, 5.74) is -3.60. The van der Waals surface area contributed by atoms with Gasteiger partial charge in [-0.25, -0.2) is 14.2 Å². The second-order valence-corrected chi connectivity index (χ2v) is 16.4. The number of carbonyl (C=O) groups excluding carboxylic acids is 3. The van der Waals surface area contributed by atoms with Crippen LogP contribution in [0, 0.1) is 35.0 Å². The number of benzene rings is 1. The summed E-state index contributed by atoms with van der Waals surface area (Å²) < 4.78 is 27.7. The van der Waals surface area contributed by atoms with E-state index in [4.69, 9.17) is 9.47 Å². The van der Waals surface area contributed by atoms with Crippen molar-refractivity contribution in [2.24, 2.45) is 40.0 Å². The van der Waals surface area contributed by atoms with Gasteiger partial charge in [-0.1, -0.05) is 90.1 Å². The molecule has 47 heavy (non-hydrogen) atoms. The molecule has 2 heterocycles. The normalized spacial score (nSPS) is 38.5. The summed E-state index contributed by atoms with van der Waals surface area (Å²) in [6.07, 6.45) is 7.34. The Kier molecular flexibility index (Phi) is 12.6. The Balaban J connectivity index is 2.36. The van der Waals surface area contributed by atoms with Crippen molar-refractivity contribution in [1.82, 2.24) is 0 Å². The number of amides is 1. The highest BCUT2D eigenvalue weighted by Gasteiger charge is 2.56. The lowest BCUT2D eigenvalue weighted by atomic mass is 9.60. The van der Waals surface area contributed by atoms with Gasteiger partial charge in [-0.15, -0.1) is 0 Å². The molecule has 7 nitrogen and oxygen atoms in total. The summed E-state index contributed by atoms with van der Waals surface area (Å²) in [5.74, 6) is -5.39. The molecule has 0 radical (unpaired) electrons. The van der Waals surface area contributed by atoms with Crippen molar-refractivity contribution in [3.63, 3.8) is 0 Å². The number of aliphatic imine (C=N–C) groups is 1. The first kappa shape index (κ1) is 39.2. The molecule has 1 N–H and O–H groups in total. The van der Waals surface area contributed by atoms with Crippen LogP contribution in [0.2, 0.25) is 0 Å². The van der Waals surface area contributed by atoms with Gasteiger partial charge in [0, 0.05) is 30.4 Å². The van der Waals surface area contributed by atoms with Crippen LogP contribution in [0.15, 0.2) is 53.0 Å². The van der Waals surface area contributed by atoms with Gasteiger partial charge in [0.05, 0.1) is 12.2 Å². The molecular weight excluding hydrogens is 712 g/mol. The standard InChI is InChI=1S/C38H53FINO6/c1-23-21-36(8)31(35(5,6)7)25(3)32(43)37(9,39)34(44)47-33(40)38(10,45)29(24(2)30(23)41-26(4)42)20-19-28(22-46-36)18-14-17-27-15-12-11-13-16-27/h11-18,23-25,29,31,33,45H,19-22H2,1-10H3/b17-14+,28-18+,41-30?/t23-,24-,25-,29-,31+,33+,36-,37+,38+/m1/s1. The summed E-state index contributed by atoms with van der Waals surface area (Å²) in [4.78, 5) is 44.5. The number of Topliss-reactive ketones (excluding diaryl/α,β-unsaturated/α-hetero) is 1. The van der Waals surface area contributed by atoms with Crippen LogP contribution in [-0.2, 0) is 23.9 Å². The minimum Gasteiger partial charge on any atom is -0.446 e. The molecule has 2 fully saturated rings. The highest BCUT2D eigenvalue weighted by Crippen LogP contribution is 2.49. The van der Waals surface area contributed by atoms with E-state index in [1.165, 1.54) is 6.92 Å². The van der Waals surface area contributed by atoms with Crippen molar-refractivity contribution < 1.29 is 33.4 Å². The molecule has 260 valence electrons. The van der Waals surface area contributed by atoms with Gasteiger partial charge in [0.1, 0.15) is 5.60 Å². The van der Waals surface area contributed by atoms with Crippen LogP contribution in [0.1, 0.15) is 94.1 Å². The minimum atomic E-state index is -2.95. The molecule has 9 heteroatoms. The van der Waals surface area contributed by atoms with E-state index in [1.54, 1.807) is 13.8 Å². The number of fused-ring (bicyclic) bond motifs is 5. The average Bonchev–Trinajstić information content (AvgIpc) is 2.97. The van der Waals surface area contributed by atoms with Crippen LogP contribution in [0.3, 0.4) is 0 Å². The van der Waals surface area contributed by atoms with E-state index in [1.807, 2.05) is 113 Å². The number of ketones is 1. The lowest BCUT2D eigenvalue weighted by Gasteiger charge is -2.49. The first-order valence-corrected chi connectivity index (χ1v) is 17.8. The number of carbonyl (C=O) groups is 3. The number of rotatable bonds is 2. The van der Waals surface area contributed by atoms with Gasteiger partial charge < -0.3 is 14.6 Å². The van der Waals surface area contributed by atoms with Crippen LogP contribution < -0.4 is 0 Å². The maximum Gasteiger partial charge on any atom is 0.352 e. The third-order valence-corrected chi connectivity index (χ3v) is 11.6. The Bertz CT molecular complexity index is 1390. The number of nitrogens with zero attached hydrogens (tertiary/aromatic N) is 1. The molecule has 9 atom stereocenters. The first-order valence-electron chi connectivity index (χ1n) is 16.6. The second-order valence-electron chi connectivity index (χ2n) is 15.2. The molecule has 2 bridgehead atoms. The van der Waals surface area contributed by atoms with Crippen LogP contribution in [-0.4, -0.2) is 56.1 Å². The fraction of sp³-hybridized carbons (Fsp3) is 0.632. The first-order chi connectivity index (χ1) is 21.6. The van der Waals surface area contributed by atoms with Gasteiger partial charge in [0.15, 0.2) is 9.89 Å². The zero-order valence-corrected chi connectivity index (χ0v) is 31.8. The van der Waals surface area contributed by atoms with Crippen molar-refractivity contribution in [3.05, 3.63) is 53.6 Å². The highest BCUT2D eigenvalue weighted by atomic mass is 127. The Labute approximate surface area is 294 Å². The number of halogens is 2. The highest BCUT2D eigenvalue weighted by molar-refractivity contribution is 14.1. The lowest BCUT2D eigenvalue weighted by molar-refractivity contribution is -0.177. The second kappa shape index (κ2) is 15.1. The molecule has 1 aromatic rings. The number of allylic oxidation sites excluding steroid dienone is 2. The molecule has 0 aromatic heterocycles. The number of esters is 1. The Morgan fingerprint density at radius 3 is 2.28 bits per heavy atom. The number of cyclic esters (lactones) is 1. The molecule has 0 unspecified atom stereocenters. The molecular formula is C38H53FINO6. The van der Waals surface area contributed by atoms with Crippen molar-refractivity contribution in [1.29, 1.82) is 0 Å². The van der Waals surface area contributed by atoms with E-state index in [2.05, 4.69) is 4.99 Å². The SMILES string of the molecule is CC(=O)N=C1[C@H](C)C[C@@]2(C)OC/C(=C/C=C/c3ccccc3)CC[C@H]([C@H]1C)[C@](C)(O)[C@@H](I)OC(=O)[C@@](C)(F)C(=O)[C@H](C)[C@H]2C(C)(C)C. The summed E-state index contributed by atoms with van der Waals surface area (Å²) in [5, 5.41) is 12.2. The van der Waals surface area contributed by atoms with Crippen LogP contribution in [0.5, 0.6) is 0 Å². The number of hydrogen-bond donors (Lipinski definition) is 1. The van der Waals surface area contributed by atoms with Crippen molar-refractivity contribution in [2.75, 3.05) is 6.61 Å². The van der Waals surface area contributed by atoms with E-state index >= 15 is 4.39 Å². The molecule has 0 spiro atoms. The van der Waals surface area contributed by atoms with Crippen LogP contribution >= 0.6 is 22.6 Å². The predicted octanol–water partition coefficient (Wildman–Crippen LogP) is 8.13. The van der Waals surface area contributed by atoms with Gasteiger partial charge in [0.2, 0.25) is 5.91 Å². The van der Waals surface area contributed by atoms with Crippen molar-refractivity contribution >= 4 is 52.0 Å². The molecule has 2 aliphatic rings. The molecule has 1 aromatic carbocycles. The quantitative estimate of drug-likeness (QED) is 0.141. The Hall–Kier alpha value is -2.24. The van der Waals surface area contributed by atoms with Gasteiger partial charge >= 0.3 is 5.97 Å². The molecule has 2 saturated heterocycles. The lowest BCUT2D eigenvalue weighted by Crippen LogP contribution is -2.57. The monoisotopic (exact) mass is 765 g/mol. The van der Waals surface area contributed by atoms with Crippen molar-refractivity contribution in [3.8, 4) is 0 Å². The van der Waals surface area contributed by atoms with Crippen LogP contribution in [0.25, 0.3) is 6.08 Å². The fourth-order valence-electron chi connectivity index (χ4n) is 8.11. The summed E-state index contributed by atoms with van der Waals surface area (Å²) >= 11 is 1.81. The van der Waals surface area contributed by atoms with E-state index in [-0.39, 0.29) is 18.4 Å². The van der Waals surface area contributed by atoms with Crippen molar-refractivity contribution in [2.45, 2.75) is 109 Å². The smallest absolute Gasteiger partial charge is 0.352 e. The van der Waals surface area contributed by atoms with Gasteiger partial charge in [-0.05, 0) is 91.0 Å². The van der Waals surface area contributed by atoms with Gasteiger partial charge in [-0.3, -0.25) is 9.59 Å². The molecule has 1 amide bonds. The van der Waals surface area contributed by atoms with Gasteiger partial charge in [-0.2, -0.15) is 0 Å².